The Kier molecular flexibility index (Phi) is 6.77. The predicted molar refractivity (Wildman–Crippen MR) is 135 cm³/mol. The average molecular weight is 493 g/mol. The van der Waals surface area contributed by atoms with Gasteiger partial charge in [-0.3, -0.25) is 9.36 Å². The summed E-state index contributed by atoms with van der Waals surface area (Å²) in [7, 11) is 0. The second kappa shape index (κ2) is 10.1. The average Bonchev–Trinajstić information content (AvgIpc) is 3.34. The van der Waals surface area contributed by atoms with Crippen molar-refractivity contribution in [3.63, 3.8) is 0 Å². The van der Waals surface area contributed by atoms with Crippen LogP contribution in [0.3, 0.4) is 0 Å². The van der Waals surface area contributed by atoms with E-state index < -0.39 is 0 Å². The SMILES string of the molecule is CC(C)c1cc(-c2nnc(C3CCCN(C=O)C3)n2-c2ccc(N3CCOCC3)nc2)c(O)cc1O. The van der Waals surface area contributed by atoms with Gasteiger partial charge in [0.1, 0.15) is 23.1 Å². The van der Waals surface area contributed by atoms with Crippen LogP contribution in [-0.2, 0) is 9.53 Å². The number of likely N-dealkylation sites (tertiary alicyclic amines) is 1. The molecule has 0 bridgehead atoms. The lowest BCUT2D eigenvalue weighted by molar-refractivity contribution is -0.119. The van der Waals surface area contributed by atoms with E-state index in [0.717, 1.165) is 56.2 Å². The maximum Gasteiger partial charge on any atom is 0.209 e. The van der Waals surface area contributed by atoms with Gasteiger partial charge in [-0.05, 0) is 42.5 Å². The van der Waals surface area contributed by atoms with Crippen LogP contribution >= 0.6 is 0 Å². The zero-order valence-corrected chi connectivity index (χ0v) is 20.7. The van der Waals surface area contributed by atoms with E-state index in [2.05, 4.69) is 15.1 Å². The summed E-state index contributed by atoms with van der Waals surface area (Å²) in [5, 5.41) is 30.2. The van der Waals surface area contributed by atoms with Crippen LogP contribution in [0.25, 0.3) is 17.1 Å². The fourth-order valence-electron chi connectivity index (χ4n) is 5.03. The van der Waals surface area contributed by atoms with E-state index in [1.165, 1.54) is 6.07 Å². The lowest BCUT2D eigenvalue weighted by atomic mass is 9.97. The standard InChI is InChI=1S/C26H32N6O4/c1-17(2)20-12-21(23(35)13-22(20)34)26-29-28-25(18-4-3-7-30(15-18)16-33)32(26)19-5-6-24(27-14-19)31-8-10-36-11-9-31/h5-6,12-14,16-18,34-35H,3-4,7-11,15H2,1-2H3. The molecule has 10 nitrogen and oxygen atoms in total. The fourth-order valence-corrected chi connectivity index (χ4v) is 5.03. The Labute approximate surface area is 210 Å². The van der Waals surface area contributed by atoms with E-state index in [9.17, 15) is 15.0 Å². The zero-order chi connectivity index (χ0) is 25.2. The van der Waals surface area contributed by atoms with Crippen LogP contribution < -0.4 is 4.90 Å². The number of ether oxygens (including phenoxy) is 1. The van der Waals surface area contributed by atoms with Crippen molar-refractivity contribution in [2.75, 3.05) is 44.3 Å². The number of carbonyl (C=O) groups excluding carboxylic acids is 1. The molecule has 0 radical (unpaired) electrons. The van der Waals surface area contributed by atoms with Gasteiger partial charge in [0.25, 0.3) is 0 Å². The summed E-state index contributed by atoms with van der Waals surface area (Å²) in [6.45, 7) is 8.18. The first-order valence-corrected chi connectivity index (χ1v) is 12.5. The number of carbonyl (C=O) groups is 1. The Hall–Kier alpha value is -3.66. The molecule has 2 aliphatic heterocycles. The van der Waals surface area contributed by atoms with Crippen molar-refractivity contribution >= 4 is 12.2 Å². The molecule has 2 aliphatic rings. The first-order valence-electron chi connectivity index (χ1n) is 12.5. The normalized spacial score (nSPS) is 18.6. The second-order valence-electron chi connectivity index (χ2n) is 9.71. The Morgan fingerprint density at radius 3 is 2.58 bits per heavy atom. The molecule has 10 heteroatoms. The Morgan fingerprint density at radius 2 is 1.89 bits per heavy atom. The number of phenolic OH excluding ortho intramolecular Hbond substituents is 2. The third-order valence-corrected chi connectivity index (χ3v) is 6.99. The van der Waals surface area contributed by atoms with Gasteiger partial charge < -0.3 is 24.7 Å². The van der Waals surface area contributed by atoms with E-state index in [-0.39, 0.29) is 23.3 Å². The smallest absolute Gasteiger partial charge is 0.209 e. The third-order valence-electron chi connectivity index (χ3n) is 6.99. The first kappa shape index (κ1) is 24.1. The Balaban J connectivity index is 1.61. The molecule has 1 atom stereocenters. The molecular formula is C26H32N6O4. The van der Waals surface area contributed by atoms with E-state index in [0.29, 0.717) is 36.7 Å². The number of piperidine rings is 1. The van der Waals surface area contributed by atoms with Gasteiger partial charge >= 0.3 is 0 Å². The van der Waals surface area contributed by atoms with Gasteiger partial charge in [0.05, 0.1) is 30.7 Å². The van der Waals surface area contributed by atoms with Crippen molar-refractivity contribution < 1.29 is 19.7 Å². The number of phenols is 2. The minimum absolute atomic E-state index is 0.00653. The lowest BCUT2D eigenvalue weighted by Gasteiger charge is -2.30. The molecule has 2 saturated heterocycles. The summed E-state index contributed by atoms with van der Waals surface area (Å²) in [6, 6.07) is 7.09. The molecular weight excluding hydrogens is 460 g/mol. The van der Waals surface area contributed by atoms with Crippen molar-refractivity contribution in [2.45, 2.75) is 38.5 Å². The molecule has 5 rings (SSSR count). The van der Waals surface area contributed by atoms with Gasteiger partial charge in [0, 0.05) is 38.2 Å². The number of hydrogen-bond donors (Lipinski definition) is 2. The number of morpholine rings is 1. The van der Waals surface area contributed by atoms with E-state index in [4.69, 9.17) is 9.72 Å². The van der Waals surface area contributed by atoms with Crippen LogP contribution in [0.2, 0.25) is 0 Å². The molecule has 36 heavy (non-hydrogen) atoms. The quantitative estimate of drug-likeness (QED) is 0.505. The highest BCUT2D eigenvalue weighted by molar-refractivity contribution is 5.69. The number of rotatable bonds is 6. The van der Waals surface area contributed by atoms with Gasteiger partial charge in [-0.1, -0.05) is 13.8 Å². The van der Waals surface area contributed by atoms with Crippen LogP contribution in [0.1, 0.15) is 49.9 Å². The first-order chi connectivity index (χ1) is 17.5. The van der Waals surface area contributed by atoms with Crippen LogP contribution in [0.5, 0.6) is 11.5 Å². The van der Waals surface area contributed by atoms with Gasteiger partial charge in [-0.2, -0.15) is 0 Å². The minimum Gasteiger partial charge on any atom is -0.508 e. The number of aromatic nitrogens is 4. The topological polar surface area (TPSA) is 117 Å². The van der Waals surface area contributed by atoms with Gasteiger partial charge in [0.15, 0.2) is 5.82 Å². The molecule has 0 aliphatic carbocycles. The molecule has 0 spiro atoms. The highest BCUT2D eigenvalue weighted by Crippen LogP contribution is 2.39. The third kappa shape index (κ3) is 4.60. The number of anilines is 1. The highest BCUT2D eigenvalue weighted by atomic mass is 16.5. The Morgan fingerprint density at radius 1 is 1.08 bits per heavy atom. The van der Waals surface area contributed by atoms with Crippen molar-refractivity contribution in [2.24, 2.45) is 0 Å². The molecule has 2 aromatic heterocycles. The van der Waals surface area contributed by atoms with Crippen LogP contribution in [0.15, 0.2) is 30.5 Å². The number of nitrogens with zero attached hydrogens (tertiary/aromatic N) is 6. The number of hydrogen-bond acceptors (Lipinski definition) is 8. The molecule has 2 N–H and O–H groups in total. The highest BCUT2D eigenvalue weighted by Gasteiger charge is 2.29. The maximum absolute atomic E-state index is 11.5. The summed E-state index contributed by atoms with van der Waals surface area (Å²) < 4.78 is 7.38. The van der Waals surface area contributed by atoms with E-state index >= 15 is 0 Å². The number of amides is 1. The molecule has 1 aromatic carbocycles. The van der Waals surface area contributed by atoms with Gasteiger partial charge in [0.2, 0.25) is 6.41 Å². The molecule has 0 saturated carbocycles. The minimum atomic E-state index is -0.0758. The number of pyridine rings is 1. The van der Waals surface area contributed by atoms with Crippen LogP contribution in [-0.4, -0.2) is 80.7 Å². The van der Waals surface area contributed by atoms with Crippen molar-refractivity contribution in [3.05, 3.63) is 41.9 Å². The number of benzene rings is 1. The van der Waals surface area contributed by atoms with Gasteiger partial charge in [-0.15, -0.1) is 10.2 Å². The monoisotopic (exact) mass is 492 g/mol. The maximum atomic E-state index is 11.5. The van der Waals surface area contributed by atoms with Crippen molar-refractivity contribution in [1.29, 1.82) is 0 Å². The molecule has 1 amide bonds. The number of aromatic hydroxyl groups is 2. The molecule has 190 valence electrons. The van der Waals surface area contributed by atoms with Crippen LogP contribution in [0, 0.1) is 0 Å². The van der Waals surface area contributed by atoms with Crippen molar-refractivity contribution in [1.82, 2.24) is 24.6 Å². The second-order valence-corrected chi connectivity index (χ2v) is 9.71. The predicted octanol–water partition coefficient (Wildman–Crippen LogP) is 3.04. The zero-order valence-electron chi connectivity index (χ0n) is 20.7. The van der Waals surface area contributed by atoms with Crippen molar-refractivity contribution in [3.8, 4) is 28.6 Å². The summed E-state index contributed by atoms with van der Waals surface area (Å²) in [4.78, 5) is 20.2. The fraction of sp³-hybridized carbons (Fsp3) is 0.462. The van der Waals surface area contributed by atoms with E-state index in [1.54, 1.807) is 17.2 Å². The van der Waals surface area contributed by atoms with E-state index in [1.807, 2.05) is 30.5 Å². The largest absolute Gasteiger partial charge is 0.508 e. The molecule has 4 heterocycles. The molecule has 3 aromatic rings. The Bertz CT molecular complexity index is 1220. The van der Waals surface area contributed by atoms with Crippen LogP contribution in [0.4, 0.5) is 5.82 Å². The van der Waals surface area contributed by atoms with Gasteiger partial charge in [-0.25, -0.2) is 4.98 Å². The summed E-state index contributed by atoms with van der Waals surface area (Å²) in [6.07, 6.45) is 4.43. The molecule has 2 fully saturated rings. The molecule has 1 unspecified atom stereocenters. The summed E-state index contributed by atoms with van der Waals surface area (Å²) in [5.74, 6) is 2.07. The summed E-state index contributed by atoms with van der Waals surface area (Å²) in [5.41, 5.74) is 1.96. The lowest BCUT2D eigenvalue weighted by Crippen LogP contribution is -2.36. The summed E-state index contributed by atoms with van der Waals surface area (Å²) >= 11 is 0.